The van der Waals surface area contributed by atoms with E-state index < -0.39 is 5.60 Å². The topological polar surface area (TPSA) is 45.1 Å². The van der Waals surface area contributed by atoms with Gasteiger partial charge in [-0.1, -0.05) is 25.7 Å². The predicted octanol–water partition coefficient (Wildman–Crippen LogP) is 2.30. The summed E-state index contributed by atoms with van der Waals surface area (Å²) in [4.78, 5) is 4.01. The standard InChI is InChI=1S/C15H24N2O/c18-15(8-3-1-2-4-9-15)13-17-12-7-14-5-10-16-11-6-14/h5-6,10-11,17-18H,1-4,7-9,12-13H2. The van der Waals surface area contributed by atoms with Crippen LogP contribution >= 0.6 is 0 Å². The van der Waals surface area contributed by atoms with Crippen molar-refractivity contribution in [1.29, 1.82) is 0 Å². The van der Waals surface area contributed by atoms with E-state index in [9.17, 15) is 5.11 Å². The summed E-state index contributed by atoms with van der Waals surface area (Å²) in [6.45, 7) is 1.66. The molecule has 0 unspecified atom stereocenters. The Morgan fingerprint density at radius 3 is 2.44 bits per heavy atom. The van der Waals surface area contributed by atoms with Gasteiger partial charge in [-0.25, -0.2) is 0 Å². The van der Waals surface area contributed by atoms with Crippen molar-refractivity contribution in [2.45, 2.75) is 50.5 Å². The van der Waals surface area contributed by atoms with Crippen molar-refractivity contribution >= 4 is 0 Å². The third-order valence-electron chi connectivity index (χ3n) is 3.83. The molecule has 0 saturated heterocycles. The maximum atomic E-state index is 10.5. The lowest BCUT2D eigenvalue weighted by atomic mass is 9.94. The maximum Gasteiger partial charge on any atom is 0.0771 e. The molecule has 2 N–H and O–H groups in total. The third-order valence-corrected chi connectivity index (χ3v) is 3.83. The van der Waals surface area contributed by atoms with Gasteiger partial charge < -0.3 is 10.4 Å². The second-order valence-electron chi connectivity index (χ2n) is 5.42. The summed E-state index contributed by atoms with van der Waals surface area (Å²) >= 11 is 0. The molecule has 0 spiro atoms. The molecule has 3 heteroatoms. The highest BCUT2D eigenvalue weighted by Gasteiger charge is 2.26. The zero-order valence-electron chi connectivity index (χ0n) is 11.1. The Morgan fingerprint density at radius 2 is 1.78 bits per heavy atom. The van der Waals surface area contributed by atoms with Gasteiger partial charge >= 0.3 is 0 Å². The minimum atomic E-state index is -0.464. The van der Waals surface area contributed by atoms with Crippen LogP contribution in [0.5, 0.6) is 0 Å². The minimum Gasteiger partial charge on any atom is -0.389 e. The Balaban J connectivity index is 1.68. The number of nitrogens with one attached hydrogen (secondary N) is 1. The fraction of sp³-hybridized carbons (Fsp3) is 0.667. The summed E-state index contributed by atoms with van der Waals surface area (Å²) in [7, 11) is 0. The van der Waals surface area contributed by atoms with Crippen molar-refractivity contribution in [1.82, 2.24) is 10.3 Å². The number of aliphatic hydroxyl groups is 1. The summed E-state index contributed by atoms with van der Waals surface area (Å²) in [6.07, 6.45) is 11.5. The van der Waals surface area contributed by atoms with Gasteiger partial charge in [0.1, 0.15) is 0 Å². The summed E-state index contributed by atoms with van der Waals surface area (Å²) < 4.78 is 0. The summed E-state index contributed by atoms with van der Waals surface area (Å²) in [5.41, 5.74) is 0.833. The highest BCUT2D eigenvalue weighted by Crippen LogP contribution is 2.26. The molecule has 1 saturated carbocycles. The molecule has 0 amide bonds. The zero-order chi connectivity index (χ0) is 12.7. The third kappa shape index (κ3) is 4.39. The minimum absolute atomic E-state index is 0.464. The van der Waals surface area contributed by atoms with Gasteiger partial charge in [0.25, 0.3) is 0 Å². The average molecular weight is 248 g/mol. The number of hydrogen-bond acceptors (Lipinski definition) is 3. The molecule has 1 aromatic heterocycles. The van der Waals surface area contributed by atoms with Crippen LogP contribution in [-0.4, -0.2) is 28.8 Å². The molecule has 1 aliphatic rings. The van der Waals surface area contributed by atoms with E-state index in [2.05, 4.69) is 10.3 Å². The Labute approximate surface area is 110 Å². The molecule has 1 fully saturated rings. The van der Waals surface area contributed by atoms with Crippen molar-refractivity contribution in [3.63, 3.8) is 0 Å². The van der Waals surface area contributed by atoms with Gasteiger partial charge in [-0.2, -0.15) is 0 Å². The van der Waals surface area contributed by atoms with Crippen LogP contribution in [0.25, 0.3) is 0 Å². The van der Waals surface area contributed by atoms with Crippen molar-refractivity contribution < 1.29 is 5.11 Å². The molecule has 0 aromatic carbocycles. The average Bonchev–Trinajstić information content (AvgIpc) is 2.61. The largest absolute Gasteiger partial charge is 0.389 e. The SMILES string of the molecule is OC1(CNCCc2ccncc2)CCCCCC1. The molecule has 0 atom stereocenters. The van der Waals surface area contributed by atoms with Crippen molar-refractivity contribution in [2.75, 3.05) is 13.1 Å². The monoisotopic (exact) mass is 248 g/mol. The first-order valence-corrected chi connectivity index (χ1v) is 7.11. The molecule has 3 nitrogen and oxygen atoms in total. The van der Waals surface area contributed by atoms with E-state index in [0.717, 1.165) is 32.4 Å². The van der Waals surface area contributed by atoms with Crippen LogP contribution in [0.2, 0.25) is 0 Å². The van der Waals surface area contributed by atoms with Gasteiger partial charge in [-0.15, -0.1) is 0 Å². The van der Waals surface area contributed by atoms with Crippen molar-refractivity contribution in [3.05, 3.63) is 30.1 Å². The number of rotatable bonds is 5. The van der Waals surface area contributed by atoms with Gasteiger partial charge in [0.2, 0.25) is 0 Å². The van der Waals surface area contributed by atoms with Crippen LogP contribution in [0.4, 0.5) is 0 Å². The number of nitrogens with zero attached hydrogens (tertiary/aromatic N) is 1. The Bertz CT molecular complexity index is 332. The Kier molecular flexibility index (Phi) is 5.14. The molecule has 1 heterocycles. The van der Waals surface area contributed by atoms with Gasteiger partial charge in [0.15, 0.2) is 0 Å². The molecule has 0 radical (unpaired) electrons. The van der Waals surface area contributed by atoms with Gasteiger partial charge in [-0.05, 0) is 43.5 Å². The fourth-order valence-corrected chi connectivity index (χ4v) is 2.67. The van der Waals surface area contributed by atoms with E-state index >= 15 is 0 Å². The molecule has 100 valence electrons. The molecule has 1 aliphatic carbocycles. The second kappa shape index (κ2) is 6.86. The number of aromatic nitrogens is 1. The van der Waals surface area contributed by atoms with Gasteiger partial charge in [0.05, 0.1) is 5.60 Å². The first kappa shape index (κ1) is 13.5. The maximum absolute atomic E-state index is 10.5. The normalized spacial score (nSPS) is 19.4. The molecule has 0 bridgehead atoms. The van der Waals surface area contributed by atoms with Crippen LogP contribution in [0.1, 0.15) is 44.1 Å². The van der Waals surface area contributed by atoms with Crippen molar-refractivity contribution in [2.24, 2.45) is 0 Å². The van der Waals surface area contributed by atoms with Crippen LogP contribution in [0.3, 0.4) is 0 Å². The Morgan fingerprint density at radius 1 is 1.11 bits per heavy atom. The van der Waals surface area contributed by atoms with E-state index in [-0.39, 0.29) is 0 Å². The van der Waals surface area contributed by atoms with Crippen LogP contribution in [0.15, 0.2) is 24.5 Å². The van der Waals surface area contributed by atoms with E-state index in [1.165, 1.54) is 31.2 Å². The molecular formula is C15H24N2O. The Hall–Kier alpha value is -0.930. The fourth-order valence-electron chi connectivity index (χ4n) is 2.67. The van der Waals surface area contributed by atoms with Gasteiger partial charge in [0, 0.05) is 18.9 Å². The van der Waals surface area contributed by atoms with Crippen molar-refractivity contribution in [3.8, 4) is 0 Å². The summed E-state index contributed by atoms with van der Waals surface area (Å²) in [5.74, 6) is 0. The van der Waals surface area contributed by atoms with Gasteiger partial charge in [-0.3, -0.25) is 4.98 Å². The molecule has 18 heavy (non-hydrogen) atoms. The lowest BCUT2D eigenvalue weighted by Gasteiger charge is -2.27. The highest BCUT2D eigenvalue weighted by atomic mass is 16.3. The zero-order valence-corrected chi connectivity index (χ0v) is 11.1. The molecule has 1 aromatic rings. The quantitative estimate of drug-likeness (QED) is 0.621. The summed E-state index contributed by atoms with van der Waals surface area (Å²) in [5, 5.41) is 13.9. The van der Waals surface area contributed by atoms with Crippen LogP contribution in [-0.2, 0) is 6.42 Å². The van der Waals surface area contributed by atoms with E-state index in [4.69, 9.17) is 0 Å². The van der Waals surface area contributed by atoms with E-state index in [0.29, 0.717) is 0 Å². The lowest BCUT2D eigenvalue weighted by Crippen LogP contribution is -2.40. The molecule has 2 rings (SSSR count). The van der Waals surface area contributed by atoms with Crippen LogP contribution < -0.4 is 5.32 Å². The van der Waals surface area contributed by atoms with E-state index in [1.807, 2.05) is 24.5 Å². The molecule has 0 aliphatic heterocycles. The van der Waals surface area contributed by atoms with Crippen LogP contribution in [0, 0.1) is 0 Å². The number of pyridine rings is 1. The molecular weight excluding hydrogens is 224 g/mol. The second-order valence-corrected chi connectivity index (χ2v) is 5.42. The number of hydrogen-bond donors (Lipinski definition) is 2. The summed E-state index contributed by atoms with van der Waals surface area (Å²) in [6, 6.07) is 4.09. The first-order chi connectivity index (χ1) is 8.79. The highest BCUT2D eigenvalue weighted by molar-refractivity contribution is 5.09. The predicted molar refractivity (Wildman–Crippen MR) is 73.5 cm³/mol. The first-order valence-electron chi connectivity index (χ1n) is 7.11. The smallest absolute Gasteiger partial charge is 0.0771 e. The van der Waals surface area contributed by atoms with E-state index in [1.54, 1.807) is 0 Å². The lowest BCUT2D eigenvalue weighted by molar-refractivity contribution is 0.0256.